The number of ether oxygens (including phenoxy) is 1. The molecule has 162 valence electrons. The third-order valence-electron chi connectivity index (χ3n) is 5.57. The quantitative estimate of drug-likeness (QED) is 0.722. The van der Waals surface area contributed by atoms with Crippen LogP contribution >= 0.6 is 0 Å². The summed E-state index contributed by atoms with van der Waals surface area (Å²) in [6.07, 6.45) is 3.96. The molecular formula is C23H30N2O4S. The third-order valence-corrected chi connectivity index (χ3v) is 7.11. The standard InChI is InChI=1S/C23H30N2O4S/c1-4-18-8-10-19(11-9-18)17(2)24-30(27,28)20-12-13-22(29-3)21(16-20)23(26)25-14-6-5-7-15-25/h8-13,16-17,24H,4-7,14-15H2,1-3H3/t17-/m1/s1. The van der Waals surface area contributed by atoms with Gasteiger partial charge in [-0.15, -0.1) is 0 Å². The molecule has 1 amide bonds. The van der Waals surface area contributed by atoms with Crippen LogP contribution in [-0.2, 0) is 16.4 Å². The van der Waals surface area contributed by atoms with E-state index in [0.29, 0.717) is 18.8 Å². The van der Waals surface area contributed by atoms with E-state index >= 15 is 0 Å². The van der Waals surface area contributed by atoms with Gasteiger partial charge in [0.15, 0.2) is 0 Å². The normalized spacial score (nSPS) is 15.6. The van der Waals surface area contributed by atoms with Crippen LogP contribution in [0.15, 0.2) is 47.4 Å². The van der Waals surface area contributed by atoms with Gasteiger partial charge in [0.25, 0.3) is 5.91 Å². The zero-order chi connectivity index (χ0) is 21.7. The fourth-order valence-corrected chi connectivity index (χ4v) is 4.96. The highest BCUT2D eigenvalue weighted by molar-refractivity contribution is 7.89. The second-order valence-corrected chi connectivity index (χ2v) is 9.37. The van der Waals surface area contributed by atoms with Crippen molar-refractivity contribution in [3.8, 4) is 5.75 Å². The fourth-order valence-electron chi connectivity index (χ4n) is 3.70. The number of methoxy groups -OCH3 is 1. The Morgan fingerprint density at radius 3 is 2.37 bits per heavy atom. The minimum Gasteiger partial charge on any atom is -0.496 e. The van der Waals surface area contributed by atoms with Crippen molar-refractivity contribution in [1.29, 1.82) is 0 Å². The van der Waals surface area contributed by atoms with Crippen LogP contribution in [0.4, 0.5) is 0 Å². The smallest absolute Gasteiger partial charge is 0.257 e. The molecule has 1 saturated heterocycles. The minimum absolute atomic E-state index is 0.0562. The van der Waals surface area contributed by atoms with Crippen LogP contribution < -0.4 is 9.46 Å². The Kier molecular flexibility index (Phi) is 7.15. The lowest BCUT2D eigenvalue weighted by molar-refractivity contribution is 0.0720. The van der Waals surface area contributed by atoms with Crippen molar-refractivity contribution in [3.05, 3.63) is 59.2 Å². The molecule has 0 aromatic heterocycles. The average Bonchev–Trinajstić information content (AvgIpc) is 2.78. The van der Waals surface area contributed by atoms with E-state index in [1.807, 2.05) is 31.2 Å². The summed E-state index contributed by atoms with van der Waals surface area (Å²) in [7, 11) is -2.33. The Morgan fingerprint density at radius 2 is 1.77 bits per heavy atom. The molecule has 2 aromatic carbocycles. The largest absolute Gasteiger partial charge is 0.496 e. The molecule has 0 aliphatic carbocycles. The van der Waals surface area contributed by atoms with Gasteiger partial charge in [0.2, 0.25) is 10.0 Å². The number of nitrogens with zero attached hydrogens (tertiary/aromatic N) is 1. The predicted molar refractivity (Wildman–Crippen MR) is 117 cm³/mol. The molecule has 0 unspecified atom stereocenters. The number of carbonyl (C=O) groups is 1. The Hall–Kier alpha value is -2.38. The van der Waals surface area contributed by atoms with Crippen molar-refractivity contribution < 1.29 is 17.9 Å². The molecule has 0 saturated carbocycles. The van der Waals surface area contributed by atoms with Crippen LogP contribution in [0, 0.1) is 0 Å². The van der Waals surface area contributed by atoms with Gasteiger partial charge in [-0.3, -0.25) is 4.79 Å². The molecule has 6 nitrogen and oxygen atoms in total. The molecule has 0 bridgehead atoms. The summed E-state index contributed by atoms with van der Waals surface area (Å²) in [5.74, 6) is 0.194. The molecule has 30 heavy (non-hydrogen) atoms. The summed E-state index contributed by atoms with van der Waals surface area (Å²) in [5.41, 5.74) is 2.36. The predicted octanol–water partition coefficient (Wildman–Crippen LogP) is 3.92. The highest BCUT2D eigenvalue weighted by Crippen LogP contribution is 2.26. The molecule has 2 aromatic rings. The van der Waals surface area contributed by atoms with Gasteiger partial charge in [0.05, 0.1) is 17.6 Å². The van der Waals surface area contributed by atoms with Crippen molar-refractivity contribution in [2.24, 2.45) is 0 Å². The first-order valence-corrected chi connectivity index (χ1v) is 11.9. The maximum absolute atomic E-state index is 13.0. The van der Waals surface area contributed by atoms with Crippen LogP contribution in [-0.4, -0.2) is 39.4 Å². The lowest BCUT2D eigenvalue weighted by Gasteiger charge is -2.27. The Labute approximate surface area is 179 Å². The lowest BCUT2D eigenvalue weighted by Crippen LogP contribution is -2.36. The number of sulfonamides is 1. The molecule has 1 aliphatic rings. The summed E-state index contributed by atoms with van der Waals surface area (Å²) >= 11 is 0. The van der Waals surface area contributed by atoms with Gasteiger partial charge >= 0.3 is 0 Å². The number of hydrogen-bond donors (Lipinski definition) is 1. The SMILES string of the molecule is CCc1ccc([C@@H](C)NS(=O)(=O)c2ccc(OC)c(C(=O)N3CCCCC3)c2)cc1. The molecule has 1 N–H and O–H groups in total. The summed E-state index contributed by atoms with van der Waals surface area (Å²) in [6, 6.07) is 11.9. The van der Waals surface area contributed by atoms with Crippen molar-refractivity contribution >= 4 is 15.9 Å². The van der Waals surface area contributed by atoms with E-state index in [9.17, 15) is 13.2 Å². The van der Waals surface area contributed by atoms with Crippen LogP contribution in [0.25, 0.3) is 0 Å². The Morgan fingerprint density at radius 1 is 1.10 bits per heavy atom. The van der Waals surface area contributed by atoms with Gasteiger partial charge in [-0.2, -0.15) is 0 Å². The van der Waals surface area contributed by atoms with Crippen molar-refractivity contribution in [1.82, 2.24) is 9.62 Å². The first kappa shape index (κ1) is 22.3. The Bertz CT molecular complexity index is 981. The molecule has 1 heterocycles. The molecule has 7 heteroatoms. The van der Waals surface area contributed by atoms with E-state index in [0.717, 1.165) is 31.2 Å². The molecule has 0 spiro atoms. The van der Waals surface area contributed by atoms with Crippen LogP contribution in [0.2, 0.25) is 0 Å². The van der Waals surface area contributed by atoms with E-state index in [1.54, 1.807) is 11.0 Å². The van der Waals surface area contributed by atoms with E-state index in [1.165, 1.54) is 24.8 Å². The van der Waals surface area contributed by atoms with Gasteiger partial charge < -0.3 is 9.64 Å². The molecular weight excluding hydrogens is 400 g/mol. The highest BCUT2D eigenvalue weighted by atomic mass is 32.2. The van der Waals surface area contributed by atoms with Gasteiger partial charge in [-0.05, 0) is 61.9 Å². The molecule has 1 atom stereocenters. The van der Waals surface area contributed by atoms with E-state index in [4.69, 9.17) is 4.74 Å². The number of aryl methyl sites for hydroxylation is 1. The summed E-state index contributed by atoms with van der Waals surface area (Å²) < 4.78 is 34.1. The number of rotatable bonds is 7. The first-order chi connectivity index (χ1) is 14.4. The van der Waals surface area contributed by atoms with Crippen LogP contribution in [0.5, 0.6) is 5.75 Å². The molecule has 1 fully saturated rings. The zero-order valence-corrected chi connectivity index (χ0v) is 18.7. The first-order valence-electron chi connectivity index (χ1n) is 10.4. The topological polar surface area (TPSA) is 75.7 Å². The number of hydrogen-bond acceptors (Lipinski definition) is 4. The van der Waals surface area contributed by atoms with E-state index in [-0.39, 0.29) is 16.4 Å². The molecule has 1 aliphatic heterocycles. The van der Waals surface area contributed by atoms with Gasteiger partial charge in [0, 0.05) is 19.1 Å². The number of benzene rings is 2. The fraction of sp³-hybridized carbons (Fsp3) is 0.435. The van der Waals surface area contributed by atoms with Crippen molar-refractivity contribution in [3.63, 3.8) is 0 Å². The maximum Gasteiger partial charge on any atom is 0.257 e. The Balaban J connectivity index is 1.84. The lowest BCUT2D eigenvalue weighted by atomic mass is 10.1. The third kappa shape index (κ3) is 5.02. The van der Waals surface area contributed by atoms with Gasteiger partial charge in [-0.25, -0.2) is 13.1 Å². The number of amides is 1. The number of likely N-dealkylation sites (tertiary alicyclic amines) is 1. The van der Waals surface area contributed by atoms with E-state index in [2.05, 4.69) is 11.6 Å². The molecule has 0 radical (unpaired) electrons. The van der Waals surface area contributed by atoms with Gasteiger partial charge in [0.1, 0.15) is 5.75 Å². The van der Waals surface area contributed by atoms with E-state index < -0.39 is 16.1 Å². The second-order valence-electron chi connectivity index (χ2n) is 7.65. The van der Waals surface area contributed by atoms with Crippen molar-refractivity contribution in [2.45, 2.75) is 50.5 Å². The number of nitrogens with one attached hydrogen (secondary N) is 1. The second kappa shape index (κ2) is 9.62. The average molecular weight is 431 g/mol. The number of piperidine rings is 1. The summed E-state index contributed by atoms with van der Waals surface area (Å²) in [4.78, 5) is 14.8. The highest BCUT2D eigenvalue weighted by Gasteiger charge is 2.25. The van der Waals surface area contributed by atoms with Crippen LogP contribution in [0.1, 0.15) is 60.6 Å². The van der Waals surface area contributed by atoms with Crippen molar-refractivity contribution in [2.75, 3.05) is 20.2 Å². The van der Waals surface area contributed by atoms with Gasteiger partial charge in [-0.1, -0.05) is 31.2 Å². The monoisotopic (exact) mass is 430 g/mol. The number of carbonyl (C=O) groups excluding carboxylic acids is 1. The zero-order valence-electron chi connectivity index (χ0n) is 17.8. The molecule has 3 rings (SSSR count). The van der Waals surface area contributed by atoms with Crippen LogP contribution in [0.3, 0.4) is 0 Å². The summed E-state index contributed by atoms with van der Waals surface area (Å²) in [5, 5.41) is 0. The minimum atomic E-state index is -3.81. The maximum atomic E-state index is 13.0. The summed E-state index contributed by atoms with van der Waals surface area (Å²) in [6.45, 7) is 5.25.